The normalized spacial score (nSPS) is 18.1. The van der Waals surface area contributed by atoms with Gasteiger partial charge in [0.05, 0.1) is 11.8 Å². The quantitative estimate of drug-likeness (QED) is 0.613. The lowest BCUT2D eigenvalue weighted by Crippen LogP contribution is -2.25. The molecule has 0 N–H and O–H groups in total. The summed E-state index contributed by atoms with van der Waals surface area (Å²) in [6, 6.07) is 21.6. The van der Waals surface area contributed by atoms with E-state index in [1.807, 2.05) is 18.2 Å². The molecule has 0 bridgehead atoms. The molecular formula is C25H24N2. The molecular weight excluding hydrogens is 328 g/mol. The number of aryl methyl sites for hydroxylation is 2. The molecule has 2 heteroatoms. The van der Waals surface area contributed by atoms with Gasteiger partial charge in [0.1, 0.15) is 5.41 Å². The van der Waals surface area contributed by atoms with Gasteiger partial charge in [-0.15, -0.1) is 0 Å². The molecule has 4 rings (SSSR count). The first kappa shape index (κ1) is 17.5. The van der Waals surface area contributed by atoms with Crippen LogP contribution in [-0.4, -0.2) is 4.98 Å². The summed E-state index contributed by atoms with van der Waals surface area (Å²) in [5.41, 5.74) is 8.96. The van der Waals surface area contributed by atoms with Crippen LogP contribution < -0.4 is 0 Å². The highest BCUT2D eigenvalue weighted by molar-refractivity contribution is 5.74. The molecule has 0 spiro atoms. The van der Waals surface area contributed by atoms with E-state index >= 15 is 0 Å². The van der Waals surface area contributed by atoms with Gasteiger partial charge in [-0.3, -0.25) is 4.98 Å². The van der Waals surface area contributed by atoms with E-state index in [1.54, 1.807) is 0 Å². The molecule has 0 radical (unpaired) electrons. The molecule has 0 fully saturated rings. The van der Waals surface area contributed by atoms with E-state index in [2.05, 4.69) is 63.2 Å². The van der Waals surface area contributed by atoms with E-state index in [0.29, 0.717) is 0 Å². The molecule has 3 aromatic rings. The summed E-state index contributed by atoms with van der Waals surface area (Å²) in [7, 11) is 0. The summed E-state index contributed by atoms with van der Waals surface area (Å²) >= 11 is 0. The maximum Gasteiger partial charge on any atom is 0.104 e. The zero-order valence-corrected chi connectivity index (χ0v) is 16.2. The largest absolute Gasteiger partial charge is 0.256 e. The molecule has 1 aromatic heterocycles. The molecule has 27 heavy (non-hydrogen) atoms. The number of nitriles is 1. The van der Waals surface area contributed by atoms with E-state index in [9.17, 15) is 5.26 Å². The molecule has 2 nitrogen and oxygen atoms in total. The van der Waals surface area contributed by atoms with Crippen molar-refractivity contribution in [2.75, 3.05) is 0 Å². The molecule has 0 saturated carbocycles. The van der Waals surface area contributed by atoms with Gasteiger partial charge in [0, 0.05) is 5.69 Å². The third kappa shape index (κ3) is 2.94. The van der Waals surface area contributed by atoms with Crippen molar-refractivity contribution in [2.24, 2.45) is 0 Å². The fraction of sp³-hybridized carbons (Fsp3) is 0.280. The summed E-state index contributed by atoms with van der Waals surface area (Å²) in [6.45, 7) is 6.35. The van der Waals surface area contributed by atoms with Gasteiger partial charge in [0.25, 0.3) is 0 Å². The Morgan fingerprint density at radius 1 is 1.04 bits per heavy atom. The lowest BCUT2D eigenvalue weighted by molar-refractivity contribution is 0.527. The van der Waals surface area contributed by atoms with Gasteiger partial charge in [-0.2, -0.15) is 5.26 Å². The number of fused-ring (bicyclic) bond motifs is 1. The van der Waals surface area contributed by atoms with Crippen LogP contribution in [0.3, 0.4) is 0 Å². The Balaban J connectivity index is 1.90. The van der Waals surface area contributed by atoms with E-state index in [0.717, 1.165) is 30.7 Å². The summed E-state index contributed by atoms with van der Waals surface area (Å²) < 4.78 is 0. The molecule has 0 amide bonds. The van der Waals surface area contributed by atoms with Crippen molar-refractivity contribution in [3.63, 3.8) is 0 Å². The molecule has 0 unspecified atom stereocenters. The minimum atomic E-state index is -0.534. The van der Waals surface area contributed by atoms with Crippen LogP contribution in [0, 0.1) is 32.1 Å². The first-order chi connectivity index (χ1) is 13.0. The van der Waals surface area contributed by atoms with Gasteiger partial charge in [0.15, 0.2) is 0 Å². The average molecular weight is 352 g/mol. The zero-order chi connectivity index (χ0) is 19.0. The van der Waals surface area contributed by atoms with Crippen LogP contribution in [0.2, 0.25) is 0 Å². The Labute approximate surface area is 161 Å². The van der Waals surface area contributed by atoms with Crippen LogP contribution in [-0.2, 0) is 18.3 Å². The highest BCUT2D eigenvalue weighted by Gasteiger charge is 2.42. The molecule has 0 saturated heterocycles. The topological polar surface area (TPSA) is 36.7 Å². The van der Waals surface area contributed by atoms with Gasteiger partial charge in [-0.25, -0.2) is 0 Å². The number of rotatable bonds is 3. The van der Waals surface area contributed by atoms with Crippen LogP contribution in [0.15, 0.2) is 54.6 Å². The molecule has 0 aliphatic heterocycles. The lowest BCUT2D eigenvalue weighted by Gasteiger charge is -2.23. The minimum Gasteiger partial charge on any atom is -0.256 e. The smallest absolute Gasteiger partial charge is 0.104 e. The van der Waals surface area contributed by atoms with Crippen molar-refractivity contribution in [3.8, 4) is 17.2 Å². The number of benzene rings is 2. The van der Waals surface area contributed by atoms with Gasteiger partial charge in [-0.05, 0) is 67.9 Å². The highest BCUT2D eigenvalue weighted by atomic mass is 14.8. The van der Waals surface area contributed by atoms with Crippen molar-refractivity contribution in [1.82, 2.24) is 4.98 Å². The Bertz CT molecular complexity index is 1040. The third-order valence-electron chi connectivity index (χ3n) is 5.91. The average Bonchev–Trinajstić information content (AvgIpc) is 3.02. The van der Waals surface area contributed by atoms with Crippen molar-refractivity contribution >= 4 is 0 Å². The summed E-state index contributed by atoms with van der Waals surface area (Å²) in [5, 5.41) is 10.2. The Morgan fingerprint density at radius 3 is 2.52 bits per heavy atom. The van der Waals surface area contributed by atoms with Crippen LogP contribution in [0.4, 0.5) is 0 Å². The van der Waals surface area contributed by atoms with Crippen molar-refractivity contribution in [2.45, 2.75) is 45.4 Å². The van der Waals surface area contributed by atoms with Crippen LogP contribution >= 0.6 is 0 Å². The fourth-order valence-corrected chi connectivity index (χ4v) is 4.40. The Kier molecular flexibility index (Phi) is 4.32. The van der Waals surface area contributed by atoms with Gasteiger partial charge >= 0.3 is 0 Å². The molecule has 1 heterocycles. The number of aromatic nitrogens is 1. The highest BCUT2D eigenvalue weighted by Crippen LogP contribution is 2.45. The van der Waals surface area contributed by atoms with Crippen molar-refractivity contribution < 1.29 is 0 Å². The first-order valence-corrected chi connectivity index (χ1v) is 9.57. The Morgan fingerprint density at radius 2 is 1.81 bits per heavy atom. The predicted molar refractivity (Wildman–Crippen MR) is 110 cm³/mol. The first-order valence-electron chi connectivity index (χ1n) is 9.57. The second kappa shape index (κ2) is 6.67. The third-order valence-corrected chi connectivity index (χ3v) is 5.91. The second-order valence-corrected chi connectivity index (χ2v) is 7.75. The maximum absolute atomic E-state index is 10.2. The molecule has 2 aromatic carbocycles. The maximum atomic E-state index is 10.2. The van der Waals surface area contributed by atoms with Gasteiger partial charge in [-0.1, -0.05) is 60.2 Å². The number of pyridine rings is 1. The van der Waals surface area contributed by atoms with Gasteiger partial charge in [0.2, 0.25) is 0 Å². The SMILES string of the molecule is Cc1cccc(-c2c(C)c(C)nc3c2CC[C@@]3(C#N)Cc2ccccc2)c1. The van der Waals surface area contributed by atoms with Crippen LogP contribution in [0.5, 0.6) is 0 Å². The molecule has 134 valence electrons. The predicted octanol–water partition coefficient (Wildman–Crippen LogP) is 5.62. The number of hydrogen-bond donors (Lipinski definition) is 0. The van der Waals surface area contributed by atoms with Crippen LogP contribution in [0.25, 0.3) is 11.1 Å². The zero-order valence-electron chi connectivity index (χ0n) is 16.2. The number of nitrogens with zero attached hydrogens (tertiary/aromatic N) is 2. The lowest BCUT2D eigenvalue weighted by atomic mass is 9.80. The van der Waals surface area contributed by atoms with E-state index in [1.165, 1.54) is 33.4 Å². The summed E-state index contributed by atoms with van der Waals surface area (Å²) in [5.74, 6) is 0. The summed E-state index contributed by atoms with van der Waals surface area (Å²) in [6.07, 6.45) is 2.47. The van der Waals surface area contributed by atoms with E-state index < -0.39 is 5.41 Å². The van der Waals surface area contributed by atoms with Crippen molar-refractivity contribution in [3.05, 3.63) is 88.2 Å². The van der Waals surface area contributed by atoms with E-state index in [4.69, 9.17) is 4.98 Å². The second-order valence-electron chi connectivity index (χ2n) is 7.75. The molecule has 1 aliphatic rings. The van der Waals surface area contributed by atoms with Crippen LogP contribution in [0.1, 0.15) is 40.1 Å². The van der Waals surface area contributed by atoms with E-state index in [-0.39, 0.29) is 0 Å². The molecule has 1 atom stereocenters. The summed E-state index contributed by atoms with van der Waals surface area (Å²) in [4.78, 5) is 4.96. The standard InChI is InChI=1S/C25H24N2/c1-17-8-7-11-21(14-17)23-18(2)19(3)27-24-22(23)12-13-25(24,16-26)15-20-9-5-4-6-10-20/h4-11,14H,12-13,15H2,1-3H3/t25-/m0/s1. The Hall–Kier alpha value is -2.92. The van der Waals surface area contributed by atoms with Crippen molar-refractivity contribution in [1.29, 1.82) is 5.26 Å². The fourth-order valence-electron chi connectivity index (χ4n) is 4.40. The minimum absolute atomic E-state index is 0.534. The monoisotopic (exact) mass is 352 g/mol. The molecule has 1 aliphatic carbocycles. The van der Waals surface area contributed by atoms with Gasteiger partial charge < -0.3 is 0 Å². The number of hydrogen-bond acceptors (Lipinski definition) is 2.